The topological polar surface area (TPSA) is 103 Å². The van der Waals surface area contributed by atoms with Gasteiger partial charge in [-0.1, -0.05) is 36.2 Å². The Balaban J connectivity index is 1.58. The molecule has 0 bridgehead atoms. The molecule has 4 atom stereocenters. The highest BCUT2D eigenvalue weighted by Gasteiger charge is 2.30. The lowest BCUT2D eigenvalue weighted by molar-refractivity contribution is -0.0177. The minimum absolute atomic E-state index is 0.103. The monoisotopic (exact) mass is 702 g/mol. The molecule has 0 aliphatic carbocycles. The highest BCUT2D eigenvalue weighted by Crippen LogP contribution is 2.29. The van der Waals surface area contributed by atoms with Crippen molar-refractivity contribution >= 4 is 46.5 Å². The summed E-state index contributed by atoms with van der Waals surface area (Å²) < 4.78 is 26.1. The summed E-state index contributed by atoms with van der Waals surface area (Å²) in [6.45, 7) is 7.66. The second kappa shape index (κ2) is 17.8. The quantitative estimate of drug-likeness (QED) is 0.222. The van der Waals surface area contributed by atoms with Crippen molar-refractivity contribution in [2.75, 3.05) is 44.0 Å². The lowest BCUT2D eigenvalue weighted by atomic mass is 10.0. The Hall–Kier alpha value is -3.41. The maximum absolute atomic E-state index is 14.3. The van der Waals surface area contributed by atoms with Crippen LogP contribution in [-0.4, -0.2) is 78.4 Å². The SMILES string of the molecule is C[C@@H]1CCCCO[C@H](CN(C)Cc2ccc(Cl)c(Cl)c2)[C@@H](C)CN([C@H](C)CO)C(=O)c2cc(NC(=O)Nc3ccc(F)cc3)ccc2O1. The number of nitrogens with zero attached hydrogens (tertiary/aromatic N) is 2. The zero-order valence-corrected chi connectivity index (χ0v) is 29.4. The fourth-order valence-corrected chi connectivity index (χ4v) is 5.93. The maximum atomic E-state index is 14.3. The van der Waals surface area contributed by atoms with E-state index in [4.69, 9.17) is 32.7 Å². The molecule has 1 heterocycles. The molecule has 1 aliphatic rings. The molecule has 48 heavy (non-hydrogen) atoms. The molecule has 0 spiro atoms. The standard InChI is InChI=1S/C36H45Cl2FN4O5/c1-23-19-43(24(2)22-44)35(45)30-18-29(41-36(46)40-28-11-9-27(39)10-12-28)13-15-33(30)48-25(3)7-5-6-16-47-34(23)21-42(4)20-26-8-14-31(37)32(38)17-26/h8-15,17-18,23-25,34,44H,5-7,16,19-22H2,1-4H3,(H2,40,41,46)/t23-,24+,25+,34+/m0/s1. The van der Waals surface area contributed by atoms with E-state index >= 15 is 0 Å². The predicted molar refractivity (Wildman–Crippen MR) is 189 cm³/mol. The summed E-state index contributed by atoms with van der Waals surface area (Å²) in [5.41, 5.74) is 2.07. The van der Waals surface area contributed by atoms with Gasteiger partial charge < -0.3 is 30.1 Å². The summed E-state index contributed by atoms with van der Waals surface area (Å²) in [6.07, 6.45) is 2.09. The van der Waals surface area contributed by atoms with Crippen LogP contribution in [-0.2, 0) is 11.3 Å². The van der Waals surface area contributed by atoms with Gasteiger partial charge in [0.15, 0.2) is 0 Å². The number of carbonyl (C=O) groups is 2. The Labute approximate surface area is 292 Å². The van der Waals surface area contributed by atoms with Crippen LogP contribution in [0.4, 0.5) is 20.6 Å². The van der Waals surface area contributed by atoms with Crippen molar-refractivity contribution in [1.29, 1.82) is 0 Å². The molecule has 12 heteroatoms. The number of hydrogen-bond acceptors (Lipinski definition) is 6. The molecular formula is C36H45Cl2FN4O5. The van der Waals surface area contributed by atoms with Gasteiger partial charge in [-0.25, -0.2) is 9.18 Å². The number of fused-ring (bicyclic) bond motifs is 1. The second-order valence-corrected chi connectivity index (χ2v) is 13.4. The van der Waals surface area contributed by atoms with Gasteiger partial charge in [-0.2, -0.15) is 0 Å². The fourth-order valence-electron chi connectivity index (χ4n) is 5.61. The Morgan fingerprint density at radius 3 is 2.46 bits per heavy atom. The second-order valence-electron chi connectivity index (χ2n) is 12.5. The number of aliphatic hydroxyl groups excluding tert-OH is 1. The van der Waals surface area contributed by atoms with Crippen LogP contribution in [0.15, 0.2) is 60.7 Å². The molecule has 0 radical (unpaired) electrons. The zero-order valence-electron chi connectivity index (χ0n) is 27.8. The van der Waals surface area contributed by atoms with E-state index in [2.05, 4.69) is 15.5 Å². The molecule has 3 amide bonds. The Kier molecular flexibility index (Phi) is 13.9. The van der Waals surface area contributed by atoms with Gasteiger partial charge >= 0.3 is 6.03 Å². The summed E-state index contributed by atoms with van der Waals surface area (Å²) in [4.78, 5) is 30.9. The minimum Gasteiger partial charge on any atom is -0.490 e. The number of carbonyl (C=O) groups excluding carboxylic acids is 2. The smallest absolute Gasteiger partial charge is 0.323 e. The van der Waals surface area contributed by atoms with Crippen LogP contribution in [0.2, 0.25) is 10.0 Å². The van der Waals surface area contributed by atoms with Crippen LogP contribution in [0.25, 0.3) is 0 Å². The summed E-state index contributed by atoms with van der Waals surface area (Å²) in [7, 11) is 2.01. The molecule has 0 saturated heterocycles. The Morgan fingerprint density at radius 2 is 1.75 bits per heavy atom. The van der Waals surface area contributed by atoms with Gasteiger partial charge in [-0.15, -0.1) is 0 Å². The van der Waals surface area contributed by atoms with Crippen molar-refractivity contribution in [3.05, 3.63) is 87.7 Å². The van der Waals surface area contributed by atoms with Crippen LogP contribution in [0.3, 0.4) is 0 Å². The molecule has 1 aliphatic heterocycles. The van der Waals surface area contributed by atoms with Gasteiger partial charge in [0.2, 0.25) is 0 Å². The van der Waals surface area contributed by atoms with Gasteiger partial charge in [0, 0.05) is 43.5 Å². The van der Waals surface area contributed by atoms with Crippen LogP contribution >= 0.6 is 23.2 Å². The summed E-state index contributed by atoms with van der Waals surface area (Å²) in [5, 5.41) is 16.6. The number of hydrogen-bond donors (Lipinski definition) is 3. The number of ether oxygens (including phenoxy) is 2. The average molecular weight is 704 g/mol. The molecular weight excluding hydrogens is 658 g/mol. The first-order valence-corrected chi connectivity index (χ1v) is 17.0. The van der Waals surface area contributed by atoms with Crippen molar-refractivity contribution in [3.63, 3.8) is 0 Å². The summed E-state index contributed by atoms with van der Waals surface area (Å²) in [6, 6.07) is 14.9. The van der Waals surface area contributed by atoms with Gasteiger partial charge in [-0.3, -0.25) is 9.69 Å². The van der Waals surface area contributed by atoms with E-state index in [-0.39, 0.29) is 36.2 Å². The number of amides is 3. The van der Waals surface area contributed by atoms with Crippen LogP contribution in [0.5, 0.6) is 5.75 Å². The Bertz CT molecular complexity index is 1530. The van der Waals surface area contributed by atoms with Crippen molar-refractivity contribution in [2.45, 2.75) is 64.8 Å². The number of rotatable bonds is 8. The summed E-state index contributed by atoms with van der Waals surface area (Å²) >= 11 is 12.4. The predicted octanol–water partition coefficient (Wildman–Crippen LogP) is 7.70. The number of urea groups is 1. The number of benzene rings is 3. The molecule has 4 rings (SSSR count). The molecule has 0 unspecified atom stereocenters. The van der Waals surface area contributed by atoms with Crippen molar-refractivity contribution in [1.82, 2.24) is 9.80 Å². The lowest BCUT2D eigenvalue weighted by Crippen LogP contribution is -2.47. The van der Waals surface area contributed by atoms with E-state index in [0.717, 1.165) is 24.8 Å². The van der Waals surface area contributed by atoms with Crippen molar-refractivity contribution < 1.29 is 28.6 Å². The van der Waals surface area contributed by atoms with E-state index in [1.807, 2.05) is 33.0 Å². The third-order valence-corrected chi connectivity index (χ3v) is 9.08. The number of likely N-dealkylation sites (N-methyl/N-ethyl adjacent to an activating group) is 1. The van der Waals surface area contributed by atoms with Gasteiger partial charge in [0.1, 0.15) is 11.6 Å². The number of nitrogens with one attached hydrogen (secondary N) is 2. The van der Waals surface area contributed by atoms with Crippen LogP contribution in [0.1, 0.15) is 56.0 Å². The highest BCUT2D eigenvalue weighted by atomic mass is 35.5. The minimum atomic E-state index is -0.552. The van der Waals surface area contributed by atoms with Crippen molar-refractivity contribution in [3.8, 4) is 5.75 Å². The Morgan fingerprint density at radius 1 is 1.04 bits per heavy atom. The van der Waals surface area contributed by atoms with E-state index in [1.54, 1.807) is 36.1 Å². The van der Waals surface area contributed by atoms with Crippen molar-refractivity contribution in [2.24, 2.45) is 5.92 Å². The molecule has 0 saturated carbocycles. The maximum Gasteiger partial charge on any atom is 0.323 e. The number of halogens is 3. The zero-order chi connectivity index (χ0) is 34.8. The van der Waals surface area contributed by atoms with E-state index in [1.165, 1.54) is 24.3 Å². The largest absolute Gasteiger partial charge is 0.490 e. The van der Waals surface area contributed by atoms with Crippen LogP contribution < -0.4 is 15.4 Å². The lowest BCUT2D eigenvalue weighted by Gasteiger charge is -2.36. The first-order valence-electron chi connectivity index (χ1n) is 16.2. The molecule has 260 valence electrons. The van der Waals surface area contributed by atoms with E-state index < -0.39 is 17.9 Å². The third-order valence-electron chi connectivity index (χ3n) is 8.34. The first-order chi connectivity index (χ1) is 22.9. The number of aliphatic hydroxyl groups is 1. The molecule has 9 nitrogen and oxygen atoms in total. The van der Waals surface area contributed by atoms with Gasteiger partial charge in [0.05, 0.1) is 40.5 Å². The molecule has 3 aromatic carbocycles. The van der Waals surface area contributed by atoms with E-state index in [9.17, 15) is 19.1 Å². The molecule has 3 N–H and O–H groups in total. The summed E-state index contributed by atoms with van der Waals surface area (Å²) in [5.74, 6) is -0.462. The van der Waals surface area contributed by atoms with Crippen LogP contribution in [0, 0.1) is 11.7 Å². The third kappa shape index (κ3) is 10.8. The normalized spacial score (nSPS) is 20.0. The molecule has 0 aromatic heterocycles. The first kappa shape index (κ1) is 37.4. The molecule has 0 fully saturated rings. The average Bonchev–Trinajstić information content (AvgIpc) is 3.05. The van der Waals surface area contributed by atoms with Gasteiger partial charge in [-0.05, 0) is 100 Å². The fraction of sp³-hybridized carbons (Fsp3) is 0.444. The van der Waals surface area contributed by atoms with E-state index in [0.29, 0.717) is 53.4 Å². The number of anilines is 2. The highest BCUT2D eigenvalue weighted by molar-refractivity contribution is 6.42. The molecule has 3 aromatic rings. The van der Waals surface area contributed by atoms with Gasteiger partial charge in [0.25, 0.3) is 5.91 Å².